The standard InChI is InChI=1S/C16H16ClN3O/c17-13-2-1-3-15(9-13)19-16(21)20-7-6-11-4-5-14(18)8-12(11)10-20/h1-5,8-9H,6-7,10,18H2,(H,19,21). The van der Waals surface area contributed by atoms with Gasteiger partial charge in [0.1, 0.15) is 0 Å². The maximum absolute atomic E-state index is 12.3. The number of nitrogens with one attached hydrogen (secondary N) is 1. The second-order valence-corrected chi connectivity index (χ2v) is 5.58. The summed E-state index contributed by atoms with van der Waals surface area (Å²) in [6.45, 7) is 1.27. The second kappa shape index (κ2) is 5.66. The van der Waals surface area contributed by atoms with Crippen molar-refractivity contribution in [2.45, 2.75) is 13.0 Å². The number of benzene rings is 2. The molecule has 108 valence electrons. The molecular weight excluding hydrogens is 286 g/mol. The lowest BCUT2D eigenvalue weighted by atomic mass is 9.99. The van der Waals surface area contributed by atoms with Gasteiger partial charge in [-0.3, -0.25) is 0 Å². The number of carbonyl (C=O) groups excluding carboxylic acids is 1. The molecule has 0 radical (unpaired) electrons. The monoisotopic (exact) mass is 301 g/mol. The van der Waals surface area contributed by atoms with Crippen molar-refractivity contribution < 1.29 is 4.79 Å². The van der Waals surface area contributed by atoms with Gasteiger partial charge in [0, 0.05) is 29.5 Å². The Hall–Kier alpha value is -2.20. The van der Waals surface area contributed by atoms with Crippen molar-refractivity contribution in [3.63, 3.8) is 0 Å². The van der Waals surface area contributed by atoms with Gasteiger partial charge in [-0.05, 0) is 47.9 Å². The van der Waals surface area contributed by atoms with E-state index in [1.807, 2.05) is 30.3 Å². The third-order valence-electron chi connectivity index (χ3n) is 3.61. The SMILES string of the molecule is Nc1ccc2c(c1)CN(C(=O)Nc1cccc(Cl)c1)CC2. The van der Waals surface area contributed by atoms with E-state index in [0.717, 1.165) is 17.7 Å². The van der Waals surface area contributed by atoms with Crippen LogP contribution in [0.4, 0.5) is 16.2 Å². The van der Waals surface area contributed by atoms with Gasteiger partial charge in [-0.15, -0.1) is 0 Å². The second-order valence-electron chi connectivity index (χ2n) is 5.14. The molecule has 21 heavy (non-hydrogen) atoms. The van der Waals surface area contributed by atoms with E-state index in [1.165, 1.54) is 5.56 Å². The van der Waals surface area contributed by atoms with Crippen LogP contribution in [0.15, 0.2) is 42.5 Å². The van der Waals surface area contributed by atoms with E-state index in [9.17, 15) is 4.79 Å². The minimum Gasteiger partial charge on any atom is -0.399 e. The summed E-state index contributed by atoms with van der Waals surface area (Å²) in [4.78, 5) is 14.1. The molecular formula is C16H16ClN3O. The molecule has 0 saturated carbocycles. The highest BCUT2D eigenvalue weighted by molar-refractivity contribution is 6.30. The van der Waals surface area contributed by atoms with Crippen LogP contribution in [0.25, 0.3) is 0 Å². The minimum atomic E-state index is -0.120. The summed E-state index contributed by atoms with van der Waals surface area (Å²) in [6, 6.07) is 12.9. The number of carbonyl (C=O) groups is 1. The van der Waals surface area contributed by atoms with Crippen LogP contribution >= 0.6 is 11.6 Å². The van der Waals surface area contributed by atoms with Crippen LogP contribution in [0.1, 0.15) is 11.1 Å². The first kappa shape index (κ1) is 13.8. The first-order valence-electron chi connectivity index (χ1n) is 6.80. The fraction of sp³-hybridized carbons (Fsp3) is 0.188. The van der Waals surface area contributed by atoms with Crippen molar-refractivity contribution in [3.05, 3.63) is 58.6 Å². The van der Waals surface area contributed by atoms with Crippen molar-refractivity contribution in [1.82, 2.24) is 4.90 Å². The van der Waals surface area contributed by atoms with Crippen LogP contribution < -0.4 is 11.1 Å². The topological polar surface area (TPSA) is 58.4 Å². The third kappa shape index (κ3) is 3.11. The number of anilines is 2. The number of amides is 2. The molecule has 0 aromatic heterocycles. The number of rotatable bonds is 1. The van der Waals surface area contributed by atoms with Gasteiger partial charge < -0.3 is 16.0 Å². The summed E-state index contributed by atoms with van der Waals surface area (Å²) in [6.07, 6.45) is 0.846. The van der Waals surface area contributed by atoms with Crippen LogP contribution in [0.3, 0.4) is 0 Å². The Morgan fingerprint density at radius 2 is 2.05 bits per heavy atom. The smallest absolute Gasteiger partial charge is 0.322 e. The summed E-state index contributed by atoms with van der Waals surface area (Å²) in [7, 11) is 0. The van der Waals surface area contributed by atoms with Crippen molar-refractivity contribution in [2.24, 2.45) is 0 Å². The molecule has 0 saturated heterocycles. The molecule has 3 N–H and O–H groups in total. The Morgan fingerprint density at radius 1 is 1.19 bits per heavy atom. The molecule has 0 atom stereocenters. The lowest BCUT2D eigenvalue weighted by molar-refractivity contribution is 0.206. The number of hydrogen-bond donors (Lipinski definition) is 2. The molecule has 1 aliphatic rings. The summed E-state index contributed by atoms with van der Waals surface area (Å²) >= 11 is 5.92. The predicted octanol–water partition coefficient (Wildman–Crippen LogP) is 3.51. The van der Waals surface area contributed by atoms with E-state index in [1.54, 1.807) is 17.0 Å². The molecule has 2 amide bonds. The van der Waals surface area contributed by atoms with E-state index >= 15 is 0 Å². The fourth-order valence-corrected chi connectivity index (χ4v) is 2.71. The summed E-state index contributed by atoms with van der Waals surface area (Å²) in [5.41, 5.74) is 9.61. The van der Waals surface area contributed by atoms with E-state index in [0.29, 0.717) is 23.8 Å². The molecule has 3 rings (SSSR count). The van der Waals surface area contributed by atoms with Gasteiger partial charge in [0.2, 0.25) is 0 Å². The number of urea groups is 1. The molecule has 0 bridgehead atoms. The van der Waals surface area contributed by atoms with Crippen molar-refractivity contribution in [3.8, 4) is 0 Å². The number of fused-ring (bicyclic) bond motifs is 1. The minimum absolute atomic E-state index is 0.120. The van der Waals surface area contributed by atoms with Crippen LogP contribution in [-0.4, -0.2) is 17.5 Å². The highest BCUT2D eigenvalue weighted by Crippen LogP contribution is 2.22. The van der Waals surface area contributed by atoms with E-state index in [4.69, 9.17) is 17.3 Å². The van der Waals surface area contributed by atoms with Crippen molar-refractivity contribution in [2.75, 3.05) is 17.6 Å². The molecule has 1 aliphatic heterocycles. The molecule has 0 aliphatic carbocycles. The molecule has 0 fully saturated rings. The van der Waals surface area contributed by atoms with Gasteiger partial charge >= 0.3 is 6.03 Å². The summed E-state index contributed by atoms with van der Waals surface area (Å²) in [5, 5.41) is 3.47. The Kier molecular flexibility index (Phi) is 3.71. The molecule has 0 unspecified atom stereocenters. The zero-order valence-electron chi connectivity index (χ0n) is 11.5. The Balaban J connectivity index is 1.72. The molecule has 2 aromatic rings. The van der Waals surface area contributed by atoms with Gasteiger partial charge in [-0.2, -0.15) is 0 Å². The number of nitrogens with two attached hydrogens (primary N) is 1. The number of nitrogen functional groups attached to an aromatic ring is 1. The van der Waals surface area contributed by atoms with Crippen LogP contribution in [0.2, 0.25) is 5.02 Å². The molecule has 2 aromatic carbocycles. The van der Waals surface area contributed by atoms with Crippen LogP contribution in [0.5, 0.6) is 0 Å². The van der Waals surface area contributed by atoms with Crippen LogP contribution in [0, 0.1) is 0 Å². The average Bonchev–Trinajstić information content (AvgIpc) is 2.46. The Labute approximate surface area is 128 Å². The zero-order chi connectivity index (χ0) is 14.8. The summed E-state index contributed by atoms with van der Waals surface area (Å²) < 4.78 is 0. The van der Waals surface area contributed by atoms with Gasteiger partial charge in [0.25, 0.3) is 0 Å². The highest BCUT2D eigenvalue weighted by atomic mass is 35.5. The first-order chi connectivity index (χ1) is 10.1. The zero-order valence-corrected chi connectivity index (χ0v) is 12.2. The molecule has 5 heteroatoms. The predicted molar refractivity (Wildman–Crippen MR) is 85.4 cm³/mol. The number of nitrogens with zero attached hydrogens (tertiary/aromatic N) is 1. The molecule has 0 spiro atoms. The first-order valence-corrected chi connectivity index (χ1v) is 7.18. The van der Waals surface area contributed by atoms with Gasteiger partial charge in [0.05, 0.1) is 0 Å². The largest absolute Gasteiger partial charge is 0.399 e. The highest BCUT2D eigenvalue weighted by Gasteiger charge is 2.20. The van der Waals surface area contributed by atoms with Crippen LogP contribution in [-0.2, 0) is 13.0 Å². The van der Waals surface area contributed by atoms with Crippen molar-refractivity contribution in [1.29, 1.82) is 0 Å². The number of halogens is 1. The number of hydrogen-bond acceptors (Lipinski definition) is 2. The third-order valence-corrected chi connectivity index (χ3v) is 3.84. The van der Waals surface area contributed by atoms with E-state index in [-0.39, 0.29) is 6.03 Å². The van der Waals surface area contributed by atoms with Gasteiger partial charge in [0.15, 0.2) is 0 Å². The summed E-state index contributed by atoms with van der Waals surface area (Å²) in [5.74, 6) is 0. The normalized spacial score (nSPS) is 13.7. The Morgan fingerprint density at radius 3 is 2.86 bits per heavy atom. The van der Waals surface area contributed by atoms with Gasteiger partial charge in [-0.25, -0.2) is 4.79 Å². The lowest BCUT2D eigenvalue weighted by Gasteiger charge is -2.29. The average molecular weight is 302 g/mol. The fourth-order valence-electron chi connectivity index (χ4n) is 2.52. The quantitative estimate of drug-likeness (QED) is 0.792. The van der Waals surface area contributed by atoms with E-state index < -0.39 is 0 Å². The lowest BCUT2D eigenvalue weighted by Crippen LogP contribution is -2.38. The van der Waals surface area contributed by atoms with Gasteiger partial charge in [-0.1, -0.05) is 23.7 Å². The van der Waals surface area contributed by atoms with E-state index in [2.05, 4.69) is 5.32 Å². The maximum Gasteiger partial charge on any atom is 0.322 e. The van der Waals surface area contributed by atoms with Crippen molar-refractivity contribution >= 4 is 29.0 Å². The Bertz CT molecular complexity index is 687. The molecule has 1 heterocycles. The maximum atomic E-state index is 12.3. The molecule has 4 nitrogen and oxygen atoms in total.